The average Bonchev–Trinajstić information content (AvgIpc) is 2.34. The van der Waals surface area contributed by atoms with Crippen LogP contribution in [0.1, 0.15) is 0 Å². The Hall–Kier alpha value is -0.750. The predicted molar refractivity (Wildman–Crippen MR) is 81.4 cm³/mol. The van der Waals surface area contributed by atoms with Crippen molar-refractivity contribution in [2.24, 2.45) is 0 Å². The molecule has 0 heterocycles. The second-order valence-electron chi connectivity index (χ2n) is 3.66. The van der Waals surface area contributed by atoms with Crippen LogP contribution in [0.25, 0.3) is 0 Å². The summed E-state index contributed by atoms with van der Waals surface area (Å²) in [7, 11) is -3.73. The number of hydrogen-bond donors (Lipinski definition) is 1. The van der Waals surface area contributed by atoms with Crippen LogP contribution in [0.3, 0.4) is 0 Å². The van der Waals surface area contributed by atoms with Crippen molar-refractivity contribution in [3.05, 3.63) is 57.0 Å². The van der Waals surface area contributed by atoms with Gasteiger partial charge in [-0.2, -0.15) is 0 Å². The summed E-state index contributed by atoms with van der Waals surface area (Å²) in [5.74, 6) is 0. The molecule has 3 nitrogen and oxygen atoms in total. The normalized spacial score (nSPS) is 11.3. The molecule has 0 aliphatic rings. The van der Waals surface area contributed by atoms with Gasteiger partial charge in [-0.3, -0.25) is 4.72 Å². The first-order chi connectivity index (χ1) is 8.90. The molecule has 0 amide bonds. The van der Waals surface area contributed by atoms with Gasteiger partial charge in [0.25, 0.3) is 10.0 Å². The predicted octanol–water partition coefficient (Wildman–Crippen LogP) is 4.56. The van der Waals surface area contributed by atoms with E-state index in [2.05, 4.69) is 20.7 Å². The zero-order valence-electron chi connectivity index (χ0n) is 9.40. The topological polar surface area (TPSA) is 46.2 Å². The van der Waals surface area contributed by atoms with Crippen LogP contribution in [0.4, 0.5) is 5.69 Å². The van der Waals surface area contributed by atoms with Crippen LogP contribution in [0, 0.1) is 0 Å². The van der Waals surface area contributed by atoms with Crippen LogP contribution in [0.15, 0.2) is 51.8 Å². The summed E-state index contributed by atoms with van der Waals surface area (Å²) >= 11 is 15.0. The molecule has 2 aromatic carbocycles. The van der Waals surface area contributed by atoms with E-state index in [4.69, 9.17) is 23.2 Å². The van der Waals surface area contributed by atoms with Crippen molar-refractivity contribution < 1.29 is 8.42 Å². The summed E-state index contributed by atoms with van der Waals surface area (Å²) in [4.78, 5) is 0.0238. The van der Waals surface area contributed by atoms with Crippen molar-refractivity contribution in [1.29, 1.82) is 0 Å². The number of anilines is 1. The third-order valence-corrected chi connectivity index (χ3v) is 5.41. The molecule has 100 valence electrons. The minimum atomic E-state index is -3.73. The van der Waals surface area contributed by atoms with Gasteiger partial charge in [0.2, 0.25) is 0 Å². The standard InChI is InChI=1S/C12H8BrCl2NO2S/c13-9-6-5-8(7-11(9)15)16-19(17,18)12-4-2-1-3-10(12)14/h1-7,16H. The first kappa shape index (κ1) is 14.7. The highest BCUT2D eigenvalue weighted by molar-refractivity contribution is 9.10. The molecular weight excluding hydrogens is 373 g/mol. The van der Waals surface area contributed by atoms with Gasteiger partial charge in [-0.15, -0.1) is 0 Å². The lowest BCUT2D eigenvalue weighted by atomic mass is 10.3. The van der Waals surface area contributed by atoms with Crippen LogP contribution in [0.5, 0.6) is 0 Å². The highest BCUT2D eigenvalue weighted by atomic mass is 79.9. The molecule has 0 aliphatic heterocycles. The van der Waals surface area contributed by atoms with Crippen LogP contribution in [-0.4, -0.2) is 8.42 Å². The summed E-state index contributed by atoms with van der Waals surface area (Å²) < 4.78 is 27.5. The lowest BCUT2D eigenvalue weighted by Crippen LogP contribution is -2.13. The molecule has 0 radical (unpaired) electrons. The molecule has 1 N–H and O–H groups in total. The third-order valence-electron chi connectivity index (χ3n) is 2.30. The van der Waals surface area contributed by atoms with Crippen molar-refractivity contribution in [3.8, 4) is 0 Å². The minimum absolute atomic E-state index is 0.0238. The zero-order valence-corrected chi connectivity index (χ0v) is 13.3. The highest BCUT2D eigenvalue weighted by Gasteiger charge is 2.17. The summed E-state index contributed by atoms with van der Waals surface area (Å²) in [5, 5.41) is 0.581. The van der Waals surface area contributed by atoms with E-state index in [0.29, 0.717) is 15.2 Å². The van der Waals surface area contributed by atoms with Crippen LogP contribution in [-0.2, 0) is 10.0 Å². The molecule has 0 atom stereocenters. The number of rotatable bonds is 3. The van der Waals surface area contributed by atoms with Gasteiger partial charge in [0.1, 0.15) is 4.90 Å². The fourth-order valence-corrected chi connectivity index (χ4v) is 3.43. The largest absolute Gasteiger partial charge is 0.280 e. The summed E-state index contributed by atoms with van der Waals surface area (Å²) in [6.07, 6.45) is 0. The lowest BCUT2D eigenvalue weighted by molar-refractivity contribution is 0.601. The second-order valence-corrected chi connectivity index (χ2v) is 6.98. The molecule has 0 bridgehead atoms. The molecule has 0 saturated carbocycles. The maximum atomic E-state index is 12.2. The van der Waals surface area contributed by atoms with Crippen LogP contribution in [0.2, 0.25) is 10.0 Å². The van der Waals surface area contributed by atoms with Gasteiger partial charge in [-0.1, -0.05) is 35.3 Å². The number of nitrogens with one attached hydrogen (secondary N) is 1. The van der Waals surface area contributed by atoms with Gasteiger partial charge in [0.05, 0.1) is 15.7 Å². The van der Waals surface area contributed by atoms with Gasteiger partial charge < -0.3 is 0 Å². The lowest BCUT2D eigenvalue weighted by Gasteiger charge is -2.10. The number of hydrogen-bond acceptors (Lipinski definition) is 2. The molecule has 0 aromatic heterocycles. The first-order valence-corrected chi connectivity index (χ1v) is 8.16. The van der Waals surface area contributed by atoms with Gasteiger partial charge in [0.15, 0.2) is 0 Å². The molecule has 0 saturated heterocycles. The van der Waals surface area contributed by atoms with E-state index in [-0.39, 0.29) is 9.92 Å². The molecule has 0 fully saturated rings. The number of sulfonamides is 1. The van der Waals surface area contributed by atoms with Gasteiger partial charge in [-0.05, 0) is 46.3 Å². The van der Waals surface area contributed by atoms with E-state index in [9.17, 15) is 8.42 Å². The Morgan fingerprint density at radius 3 is 2.32 bits per heavy atom. The Kier molecular flexibility index (Phi) is 4.40. The van der Waals surface area contributed by atoms with Crippen molar-refractivity contribution >= 4 is 54.8 Å². The highest BCUT2D eigenvalue weighted by Crippen LogP contribution is 2.28. The zero-order chi connectivity index (χ0) is 14.0. The molecule has 0 unspecified atom stereocenters. The van der Waals surface area contributed by atoms with Gasteiger partial charge in [-0.25, -0.2) is 8.42 Å². The summed E-state index contributed by atoms with van der Waals surface area (Å²) in [5.41, 5.74) is 0.369. The van der Waals surface area contributed by atoms with Crippen molar-refractivity contribution in [2.45, 2.75) is 4.90 Å². The van der Waals surface area contributed by atoms with Crippen LogP contribution >= 0.6 is 39.1 Å². The third kappa shape index (κ3) is 3.42. The minimum Gasteiger partial charge on any atom is -0.280 e. The molecule has 19 heavy (non-hydrogen) atoms. The summed E-state index contributed by atoms with van der Waals surface area (Å²) in [6.45, 7) is 0. The second kappa shape index (κ2) is 5.71. The number of benzene rings is 2. The molecular formula is C12H8BrCl2NO2S. The Labute approximate surface area is 129 Å². The van der Waals surface area contributed by atoms with E-state index in [1.54, 1.807) is 24.3 Å². The van der Waals surface area contributed by atoms with E-state index in [0.717, 1.165) is 0 Å². The van der Waals surface area contributed by atoms with Crippen molar-refractivity contribution in [1.82, 2.24) is 0 Å². The maximum Gasteiger partial charge on any atom is 0.263 e. The maximum absolute atomic E-state index is 12.2. The average molecular weight is 381 g/mol. The Balaban J connectivity index is 2.37. The van der Waals surface area contributed by atoms with E-state index >= 15 is 0 Å². The molecule has 2 rings (SSSR count). The molecule has 2 aromatic rings. The Morgan fingerprint density at radius 2 is 1.68 bits per heavy atom. The summed E-state index contributed by atoms with van der Waals surface area (Å²) in [6, 6.07) is 11.0. The fourth-order valence-electron chi connectivity index (χ4n) is 1.43. The molecule has 0 aliphatic carbocycles. The number of halogens is 3. The van der Waals surface area contributed by atoms with Gasteiger partial charge >= 0.3 is 0 Å². The van der Waals surface area contributed by atoms with E-state index in [1.165, 1.54) is 18.2 Å². The molecule has 7 heteroatoms. The van der Waals surface area contributed by atoms with Crippen molar-refractivity contribution in [2.75, 3.05) is 4.72 Å². The van der Waals surface area contributed by atoms with Crippen molar-refractivity contribution in [3.63, 3.8) is 0 Å². The smallest absolute Gasteiger partial charge is 0.263 e. The van der Waals surface area contributed by atoms with E-state index in [1.807, 2.05) is 0 Å². The SMILES string of the molecule is O=S(=O)(Nc1ccc(Br)c(Cl)c1)c1ccccc1Cl. The quantitative estimate of drug-likeness (QED) is 0.848. The fraction of sp³-hybridized carbons (Fsp3) is 0. The van der Waals surface area contributed by atoms with E-state index < -0.39 is 10.0 Å². The van der Waals surface area contributed by atoms with Gasteiger partial charge in [0, 0.05) is 4.47 Å². The Bertz CT molecular complexity index is 719. The van der Waals surface area contributed by atoms with Crippen LogP contribution < -0.4 is 4.72 Å². The Morgan fingerprint density at radius 1 is 1.00 bits per heavy atom. The first-order valence-electron chi connectivity index (χ1n) is 5.12. The molecule has 0 spiro atoms. The monoisotopic (exact) mass is 379 g/mol.